The number of aliphatic hydroxyl groups is 3. The smallest absolute Gasteiger partial charge is 0.342 e. The molecule has 2 aliphatic heterocycles. The molecule has 11 atom stereocenters. The molecule has 12 nitrogen and oxygen atoms in total. The number of ether oxygens (including phenoxy) is 5. The first kappa shape index (κ1) is 30.4. The van der Waals surface area contributed by atoms with Crippen molar-refractivity contribution in [2.45, 2.75) is 128 Å². The van der Waals surface area contributed by atoms with E-state index in [9.17, 15) is 34.5 Å². The summed E-state index contributed by atoms with van der Waals surface area (Å²) in [4.78, 5) is 50.2. The summed E-state index contributed by atoms with van der Waals surface area (Å²) in [6.07, 6.45) is -5.99. The van der Waals surface area contributed by atoms with E-state index in [1.165, 1.54) is 33.8 Å². The van der Waals surface area contributed by atoms with Crippen LogP contribution in [0.1, 0.15) is 74.1 Å². The van der Waals surface area contributed by atoms with Gasteiger partial charge in [-0.1, -0.05) is 13.8 Å². The molecule has 1 spiro atoms. The van der Waals surface area contributed by atoms with Crippen LogP contribution in [0.25, 0.3) is 0 Å². The number of esters is 4. The van der Waals surface area contributed by atoms with Crippen LogP contribution in [-0.2, 0) is 42.9 Å². The Hall–Kier alpha value is -2.54. The first-order chi connectivity index (χ1) is 18.5. The Morgan fingerprint density at radius 1 is 1.00 bits per heavy atom. The van der Waals surface area contributed by atoms with Gasteiger partial charge in [0.1, 0.15) is 23.9 Å². The predicted octanol–water partition coefficient (Wildman–Crippen LogP) is 0.864. The highest BCUT2D eigenvalue weighted by molar-refractivity contribution is 5.89. The zero-order valence-corrected chi connectivity index (χ0v) is 24.0. The van der Waals surface area contributed by atoms with Crippen molar-refractivity contribution in [1.29, 1.82) is 0 Å². The van der Waals surface area contributed by atoms with Gasteiger partial charge in [0.05, 0.1) is 17.6 Å². The Balaban J connectivity index is 1.97. The lowest BCUT2D eigenvalue weighted by Crippen LogP contribution is -2.72. The molecular formula is C28H40O12. The van der Waals surface area contributed by atoms with Gasteiger partial charge >= 0.3 is 23.9 Å². The molecule has 2 aliphatic carbocycles. The molecule has 4 aliphatic rings. The molecule has 3 N–H and O–H groups in total. The van der Waals surface area contributed by atoms with Gasteiger partial charge in [0.2, 0.25) is 0 Å². The van der Waals surface area contributed by atoms with E-state index in [4.69, 9.17) is 23.7 Å². The van der Waals surface area contributed by atoms with Crippen LogP contribution in [-0.4, -0.2) is 92.6 Å². The maximum atomic E-state index is 12.9. The Morgan fingerprint density at radius 2 is 1.57 bits per heavy atom. The van der Waals surface area contributed by atoms with E-state index in [-0.39, 0.29) is 19.3 Å². The van der Waals surface area contributed by atoms with Crippen LogP contribution in [0.15, 0.2) is 11.6 Å². The monoisotopic (exact) mass is 568 g/mol. The molecule has 224 valence electrons. The third-order valence-corrected chi connectivity index (χ3v) is 9.37. The minimum Gasteiger partial charge on any atom is -0.462 e. The van der Waals surface area contributed by atoms with Crippen LogP contribution in [0, 0.1) is 11.3 Å². The molecule has 0 radical (unpaired) electrons. The molecule has 2 saturated heterocycles. The molecule has 0 bridgehead atoms. The van der Waals surface area contributed by atoms with Crippen molar-refractivity contribution in [3.05, 3.63) is 11.6 Å². The highest BCUT2D eigenvalue weighted by Crippen LogP contribution is 2.65. The topological polar surface area (TPSA) is 178 Å². The molecule has 0 aromatic carbocycles. The third-order valence-electron chi connectivity index (χ3n) is 9.37. The fourth-order valence-electron chi connectivity index (χ4n) is 7.19. The van der Waals surface area contributed by atoms with E-state index >= 15 is 0 Å². The first-order valence-corrected chi connectivity index (χ1v) is 13.7. The van der Waals surface area contributed by atoms with Gasteiger partial charge in [-0.05, 0) is 38.8 Å². The van der Waals surface area contributed by atoms with E-state index in [0.29, 0.717) is 12.0 Å². The summed E-state index contributed by atoms with van der Waals surface area (Å²) in [6.45, 7) is 10.2. The fourth-order valence-corrected chi connectivity index (χ4v) is 7.19. The molecule has 2 heterocycles. The molecule has 0 aromatic rings. The second-order valence-corrected chi connectivity index (χ2v) is 12.1. The van der Waals surface area contributed by atoms with Crippen molar-refractivity contribution in [3.63, 3.8) is 0 Å². The summed E-state index contributed by atoms with van der Waals surface area (Å²) >= 11 is 0. The van der Waals surface area contributed by atoms with E-state index in [1.54, 1.807) is 20.8 Å². The number of hydrogen-bond acceptors (Lipinski definition) is 12. The van der Waals surface area contributed by atoms with Crippen LogP contribution in [0.4, 0.5) is 0 Å². The lowest BCUT2D eigenvalue weighted by Gasteiger charge is -2.59. The van der Waals surface area contributed by atoms with Gasteiger partial charge in [-0.3, -0.25) is 14.4 Å². The van der Waals surface area contributed by atoms with Gasteiger partial charge in [0.15, 0.2) is 17.3 Å². The maximum Gasteiger partial charge on any atom is 0.342 e. The number of carbonyl (C=O) groups is 4. The maximum absolute atomic E-state index is 12.9. The Kier molecular flexibility index (Phi) is 7.66. The third kappa shape index (κ3) is 4.43. The van der Waals surface area contributed by atoms with Crippen molar-refractivity contribution in [1.82, 2.24) is 0 Å². The second kappa shape index (κ2) is 10.1. The van der Waals surface area contributed by atoms with Crippen molar-refractivity contribution < 1.29 is 58.2 Å². The summed E-state index contributed by atoms with van der Waals surface area (Å²) in [6, 6.07) is 0. The van der Waals surface area contributed by atoms with Gasteiger partial charge in [-0.2, -0.15) is 0 Å². The van der Waals surface area contributed by atoms with Gasteiger partial charge in [-0.15, -0.1) is 0 Å². The molecule has 0 unspecified atom stereocenters. The zero-order chi connectivity index (χ0) is 30.0. The lowest BCUT2D eigenvalue weighted by molar-refractivity contribution is -0.276. The summed E-state index contributed by atoms with van der Waals surface area (Å²) in [5, 5.41) is 35.7. The number of epoxide rings is 1. The van der Waals surface area contributed by atoms with Crippen molar-refractivity contribution >= 4 is 23.9 Å². The van der Waals surface area contributed by atoms with Gasteiger partial charge in [-0.25, -0.2) is 4.79 Å². The second-order valence-electron chi connectivity index (χ2n) is 12.1. The largest absolute Gasteiger partial charge is 0.462 e. The molecule has 0 amide bonds. The highest BCUT2D eigenvalue weighted by atomic mass is 16.7. The summed E-state index contributed by atoms with van der Waals surface area (Å²) in [5.41, 5.74) is -6.51. The van der Waals surface area contributed by atoms with Gasteiger partial charge in [0.25, 0.3) is 0 Å². The average Bonchev–Trinajstić information content (AvgIpc) is 3.42. The van der Waals surface area contributed by atoms with Gasteiger partial charge in [0, 0.05) is 39.0 Å². The number of hydrogen-bond donors (Lipinski definition) is 3. The van der Waals surface area contributed by atoms with E-state index < -0.39 is 88.6 Å². The summed E-state index contributed by atoms with van der Waals surface area (Å²) < 4.78 is 28.7. The van der Waals surface area contributed by atoms with Crippen molar-refractivity contribution in [3.8, 4) is 0 Å². The lowest BCUT2D eigenvalue weighted by atomic mass is 9.51. The Bertz CT molecular complexity index is 1110. The van der Waals surface area contributed by atoms with Crippen molar-refractivity contribution in [2.75, 3.05) is 0 Å². The number of aliphatic hydroxyl groups excluding tert-OH is 2. The summed E-state index contributed by atoms with van der Waals surface area (Å²) in [7, 11) is 0. The molecule has 40 heavy (non-hydrogen) atoms. The van der Waals surface area contributed by atoms with Gasteiger partial charge < -0.3 is 39.0 Å². The van der Waals surface area contributed by atoms with E-state index in [0.717, 1.165) is 0 Å². The standard InChI is InChI=1S/C28H40O12/c1-8-9-21(32)38-19-12-18(37-15(4)30)25(5)17(36-14(3)29)11-16(31)13(2)10-20-28(23(33)22(25)26(19,6)35)27(7,40-28)24(34)39-20/h10,16-20,22-23,31,33,35H,8-9,11-12H2,1-7H3/b13-10-/t16-,17+,18+,19-,20+,22-,23+,25+,26-,27+,28+/m1/s1. The highest BCUT2D eigenvalue weighted by Gasteiger charge is 2.87. The van der Waals surface area contributed by atoms with Crippen LogP contribution in [0.5, 0.6) is 0 Å². The molecule has 3 fully saturated rings. The fraction of sp³-hybridized carbons (Fsp3) is 0.786. The SMILES string of the molecule is CCCC(=O)O[C@@H]1C[C@H](OC(C)=O)[C@]2(C)[C@@H](OC(C)=O)C[C@@H](O)/C(C)=C\[C@@H]3OC(=O)[C@]4(C)O[C@]34[C@@H](O)[C@H]2[C@]1(C)O. The quantitative estimate of drug-likeness (QED) is 0.185. The normalized spacial score (nSPS) is 47.3. The van der Waals surface area contributed by atoms with Crippen molar-refractivity contribution in [2.24, 2.45) is 11.3 Å². The average molecular weight is 569 g/mol. The minimum atomic E-state index is -2.02. The number of fused-ring (bicyclic) bond motifs is 1. The van der Waals surface area contributed by atoms with Crippen LogP contribution < -0.4 is 0 Å². The molecule has 4 rings (SSSR count). The number of rotatable bonds is 5. The molecular weight excluding hydrogens is 528 g/mol. The molecule has 0 aromatic heterocycles. The first-order valence-electron chi connectivity index (χ1n) is 13.7. The Labute approximate surface area is 232 Å². The van der Waals surface area contributed by atoms with E-state index in [1.807, 2.05) is 0 Å². The minimum absolute atomic E-state index is 0.0666. The molecule has 12 heteroatoms. The number of carbonyl (C=O) groups excluding carboxylic acids is 4. The van der Waals surface area contributed by atoms with Crippen LogP contribution in [0.3, 0.4) is 0 Å². The summed E-state index contributed by atoms with van der Waals surface area (Å²) in [5.74, 6) is -4.12. The van der Waals surface area contributed by atoms with Crippen LogP contribution in [0.2, 0.25) is 0 Å². The predicted molar refractivity (Wildman–Crippen MR) is 135 cm³/mol. The van der Waals surface area contributed by atoms with Crippen LogP contribution >= 0.6 is 0 Å². The van der Waals surface area contributed by atoms with E-state index in [2.05, 4.69) is 0 Å². The molecule has 1 saturated carbocycles. The Morgan fingerprint density at radius 3 is 2.10 bits per heavy atom. The zero-order valence-electron chi connectivity index (χ0n) is 24.0.